The van der Waals surface area contributed by atoms with Crippen LogP contribution in [-0.4, -0.2) is 24.2 Å². The van der Waals surface area contributed by atoms with Crippen molar-refractivity contribution in [2.45, 2.75) is 79.4 Å². The molecule has 0 saturated carbocycles. The molecule has 0 aromatic heterocycles. The molecule has 0 aliphatic rings. The standard InChI is InChI=1S/C20H33NO3/c1-8-10-11-20(7,23-9-2)19(22)21-17-12-15(5)18(16(6)13-17)24-14(3)4/h12-14H,8-11H2,1-7H3,(H,21,22). The summed E-state index contributed by atoms with van der Waals surface area (Å²) >= 11 is 0. The average Bonchev–Trinajstić information content (AvgIpc) is 2.49. The Hall–Kier alpha value is -1.55. The van der Waals surface area contributed by atoms with Gasteiger partial charge in [0.05, 0.1) is 6.10 Å². The van der Waals surface area contributed by atoms with E-state index in [9.17, 15) is 4.79 Å². The minimum absolute atomic E-state index is 0.0888. The van der Waals surface area contributed by atoms with Crippen molar-refractivity contribution in [3.05, 3.63) is 23.3 Å². The van der Waals surface area contributed by atoms with E-state index in [0.29, 0.717) is 6.61 Å². The monoisotopic (exact) mass is 335 g/mol. The zero-order valence-electron chi connectivity index (χ0n) is 16.3. The molecule has 0 radical (unpaired) electrons. The normalized spacial score (nSPS) is 13.7. The highest BCUT2D eigenvalue weighted by Gasteiger charge is 2.33. The highest BCUT2D eigenvalue weighted by atomic mass is 16.5. The molecule has 0 spiro atoms. The van der Waals surface area contributed by atoms with Gasteiger partial charge in [0.2, 0.25) is 0 Å². The Labute approximate surface area is 146 Å². The molecule has 0 aliphatic heterocycles. The second-order valence-electron chi connectivity index (χ2n) is 6.83. The molecule has 0 heterocycles. The largest absolute Gasteiger partial charge is 0.490 e. The quantitative estimate of drug-likeness (QED) is 0.689. The van der Waals surface area contributed by atoms with Gasteiger partial charge in [-0.1, -0.05) is 19.8 Å². The van der Waals surface area contributed by atoms with Gasteiger partial charge in [0.15, 0.2) is 0 Å². The molecule has 136 valence electrons. The maximum absolute atomic E-state index is 12.7. The zero-order chi connectivity index (χ0) is 18.3. The molecule has 1 N–H and O–H groups in total. The number of amides is 1. The van der Waals surface area contributed by atoms with Crippen LogP contribution in [0.25, 0.3) is 0 Å². The van der Waals surface area contributed by atoms with Crippen LogP contribution in [0.5, 0.6) is 5.75 Å². The molecular weight excluding hydrogens is 302 g/mol. The third-order valence-corrected chi connectivity index (χ3v) is 4.02. The van der Waals surface area contributed by atoms with Crippen molar-refractivity contribution >= 4 is 11.6 Å². The Morgan fingerprint density at radius 1 is 1.21 bits per heavy atom. The lowest BCUT2D eigenvalue weighted by molar-refractivity contribution is -0.139. The topological polar surface area (TPSA) is 47.6 Å². The van der Waals surface area contributed by atoms with Crippen LogP contribution in [0.3, 0.4) is 0 Å². The van der Waals surface area contributed by atoms with Crippen LogP contribution in [-0.2, 0) is 9.53 Å². The average molecular weight is 335 g/mol. The number of rotatable bonds is 9. The SMILES string of the molecule is CCCCC(C)(OCC)C(=O)Nc1cc(C)c(OC(C)C)c(C)c1. The highest BCUT2D eigenvalue weighted by molar-refractivity contribution is 5.97. The number of hydrogen-bond donors (Lipinski definition) is 1. The van der Waals surface area contributed by atoms with E-state index >= 15 is 0 Å². The van der Waals surface area contributed by atoms with Crippen molar-refractivity contribution in [1.29, 1.82) is 0 Å². The molecule has 1 amide bonds. The van der Waals surface area contributed by atoms with E-state index in [1.54, 1.807) is 0 Å². The predicted molar refractivity (Wildman–Crippen MR) is 99.9 cm³/mol. The van der Waals surface area contributed by atoms with Gasteiger partial charge in [-0.05, 0) is 71.2 Å². The third kappa shape index (κ3) is 5.52. The van der Waals surface area contributed by atoms with Gasteiger partial charge in [0, 0.05) is 12.3 Å². The van der Waals surface area contributed by atoms with Gasteiger partial charge in [-0.25, -0.2) is 0 Å². The van der Waals surface area contributed by atoms with Gasteiger partial charge in [-0.3, -0.25) is 4.79 Å². The number of carbonyl (C=O) groups excluding carboxylic acids is 1. The number of hydrogen-bond acceptors (Lipinski definition) is 3. The first-order chi connectivity index (χ1) is 11.2. The number of benzene rings is 1. The van der Waals surface area contributed by atoms with E-state index in [1.165, 1.54) is 0 Å². The van der Waals surface area contributed by atoms with Crippen LogP contribution >= 0.6 is 0 Å². The minimum atomic E-state index is -0.792. The predicted octanol–water partition coefficient (Wildman–Crippen LogP) is 5.01. The summed E-state index contributed by atoms with van der Waals surface area (Å²) in [6.45, 7) is 14.4. The summed E-state index contributed by atoms with van der Waals surface area (Å²) in [5, 5.41) is 3.02. The second-order valence-corrected chi connectivity index (χ2v) is 6.83. The summed E-state index contributed by atoms with van der Waals surface area (Å²) in [6.07, 6.45) is 2.84. The maximum Gasteiger partial charge on any atom is 0.256 e. The van der Waals surface area contributed by atoms with Gasteiger partial charge < -0.3 is 14.8 Å². The summed E-state index contributed by atoms with van der Waals surface area (Å²) in [5.41, 5.74) is 2.03. The van der Waals surface area contributed by atoms with E-state index in [0.717, 1.165) is 41.8 Å². The summed E-state index contributed by atoms with van der Waals surface area (Å²) in [5.74, 6) is 0.802. The van der Waals surface area contributed by atoms with E-state index in [4.69, 9.17) is 9.47 Å². The molecule has 1 rings (SSSR count). The second kappa shape index (κ2) is 9.07. The fourth-order valence-electron chi connectivity index (χ4n) is 2.79. The highest BCUT2D eigenvalue weighted by Crippen LogP contribution is 2.29. The molecular formula is C20H33NO3. The summed E-state index contributed by atoms with van der Waals surface area (Å²) in [4.78, 5) is 12.7. The van der Waals surface area contributed by atoms with Gasteiger partial charge in [-0.15, -0.1) is 0 Å². The maximum atomic E-state index is 12.7. The van der Waals surface area contributed by atoms with Crippen molar-refractivity contribution in [3.8, 4) is 5.75 Å². The van der Waals surface area contributed by atoms with Crippen molar-refractivity contribution in [2.24, 2.45) is 0 Å². The van der Waals surface area contributed by atoms with Crippen molar-refractivity contribution in [3.63, 3.8) is 0 Å². The van der Waals surface area contributed by atoms with Crippen molar-refractivity contribution in [2.75, 3.05) is 11.9 Å². The van der Waals surface area contributed by atoms with Crippen LogP contribution in [0, 0.1) is 13.8 Å². The Bertz CT molecular complexity index is 531. The molecule has 0 bridgehead atoms. The Morgan fingerprint density at radius 3 is 2.25 bits per heavy atom. The molecule has 4 heteroatoms. The molecule has 24 heavy (non-hydrogen) atoms. The summed E-state index contributed by atoms with van der Waals surface area (Å²) in [7, 11) is 0. The first-order valence-corrected chi connectivity index (χ1v) is 8.96. The summed E-state index contributed by atoms with van der Waals surface area (Å²) in [6, 6.07) is 3.91. The number of aryl methyl sites for hydroxylation is 2. The Kier molecular flexibility index (Phi) is 7.74. The van der Waals surface area contributed by atoms with Gasteiger partial charge >= 0.3 is 0 Å². The number of nitrogens with one attached hydrogen (secondary N) is 1. The van der Waals surface area contributed by atoms with Gasteiger partial charge in [0.25, 0.3) is 5.91 Å². The Morgan fingerprint density at radius 2 is 1.79 bits per heavy atom. The number of anilines is 1. The number of unbranched alkanes of at least 4 members (excludes halogenated alkanes) is 1. The molecule has 1 aromatic carbocycles. The van der Waals surface area contributed by atoms with E-state index in [1.807, 2.05) is 53.7 Å². The van der Waals surface area contributed by atoms with Crippen LogP contribution in [0.4, 0.5) is 5.69 Å². The Balaban J connectivity index is 2.96. The van der Waals surface area contributed by atoms with Crippen LogP contribution < -0.4 is 10.1 Å². The molecule has 1 unspecified atom stereocenters. The van der Waals surface area contributed by atoms with E-state index in [2.05, 4.69) is 12.2 Å². The van der Waals surface area contributed by atoms with E-state index in [-0.39, 0.29) is 12.0 Å². The lowest BCUT2D eigenvalue weighted by atomic mass is 9.97. The fourth-order valence-corrected chi connectivity index (χ4v) is 2.79. The van der Waals surface area contributed by atoms with Crippen LogP contribution in [0.1, 0.15) is 65.0 Å². The number of carbonyl (C=O) groups is 1. The first-order valence-electron chi connectivity index (χ1n) is 8.96. The lowest BCUT2D eigenvalue weighted by Crippen LogP contribution is -2.42. The van der Waals surface area contributed by atoms with Crippen LogP contribution in [0.15, 0.2) is 12.1 Å². The lowest BCUT2D eigenvalue weighted by Gasteiger charge is -2.28. The third-order valence-electron chi connectivity index (χ3n) is 4.02. The van der Waals surface area contributed by atoms with E-state index < -0.39 is 5.60 Å². The molecule has 4 nitrogen and oxygen atoms in total. The molecule has 1 atom stereocenters. The molecule has 0 aliphatic carbocycles. The smallest absolute Gasteiger partial charge is 0.256 e. The van der Waals surface area contributed by atoms with Gasteiger partial charge in [0.1, 0.15) is 11.4 Å². The molecule has 0 fully saturated rings. The minimum Gasteiger partial charge on any atom is -0.490 e. The zero-order valence-corrected chi connectivity index (χ0v) is 16.3. The van der Waals surface area contributed by atoms with Crippen molar-refractivity contribution in [1.82, 2.24) is 0 Å². The summed E-state index contributed by atoms with van der Waals surface area (Å²) < 4.78 is 11.6. The van der Waals surface area contributed by atoms with Crippen molar-refractivity contribution < 1.29 is 14.3 Å². The number of ether oxygens (including phenoxy) is 2. The first kappa shape index (κ1) is 20.5. The van der Waals surface area contributed by atoms with Crippen LogP contribution in [0.2, 0.25) is 0 Å². The van der Waals surface area contributed by atoms with Gasteiger partial charge in [-0.2, -0.15) is 0 Å². The molecule has 0 saturated heterocycles. The molecule has 1 aromatic rings. The fraction of sp³-hybridized carbons (Fsp3) is 0.650.